The van der Waals surface area contributed by atoms with Crippen molar-refractivity contribution >= 4 is 5.91 Å². The summed E-state index contributed by atoms with van der Waals surface area (Å²) in [6, 6.07) is 13.3. The molecule has 0 unspecified atom stereocenters. The quantitative estimate of drug-likeness (QED) is 0.787. The Morgan fingerprint density at radius 1 is 1.13 bits per heavy atom. The van der Waals surface area contributed by atoms with Crippen molar-refractivity contribution in [2.75, 3.05) is 20.3 Å². The molecule has 0 atom stereocenters. The minimum absolute atomic E-state index is 0.0600. The Morgan fingerprint density at radius 3 is 2.43 bits per heavy atom. The largest absolute Gasteiger partial charge is 0.497 e. The summed E-state index contributed by atoms with van der Waals surface area (Å²) in [5.74, 6) is 0.874. The smallest absolute Gasteiger partial charge is 0.260 e. The van der Waals surface area contributed by atoms with Gasteiger partial charge in [0.15, 0.2) is 6.61 Å². The summed E-state index contributed by atoms with van der Waals surface area (Å²) < 4.78 is 23.8. The van der Waals surface area contributed by atoms with E-state index >= 15 is 0 Å². The van der Waals surface area contributed by atoms with E-state index in [9.17, 15) is 9.18 Å². The second kappa shape index (κ2) is 8.17. The molecular formula is C18H20FNO3. The van der Waals surface area contributed by atoms with Crippen LogP contribution in [-0.4, -0.2) is 31.1 Å². The Bertz CT molecular complexity index is 643. The van der Waals surface area contributed by atoms with E-state index in [1.807, 2.05) is 6.92 Å². The first-order valence-electron chi connectivity index (χ1n) is 7.41. The Balaban J connectivity index is 1.91. The molecule has 1 amide bonds. The van der Waals surface area contributed by atoms with E-state index in [1.165, 1.54) is 12.1 Å². The zero-order valence-corrected chi connectivity index (χ0v) is 13.3. The van der Waals surface area contributed by atoms with Crippen LogP contribution in [0.5, 0.6) is 11.5 Å². The van der Waals surface area contributed by atoms with Gasteiger partial charge in [-0.2, -0.15) is 0 Å². The van der Waals surface area contributed by atoms with Crippen molar-refractivity contribution in [2.24, 2.45) is 0 Å². The van der Waals surface area contributed by atoms with Crippen molar-refractivity contribution in [3.8, 4) is 11.5 Å². The van der Waals surface area contributed by atoms with Gasteiger partial charge >= 0.3 is 0 Å². The fraction of sp³-hybridized carbons (Fsp3) is 0.278. The van der Waals surface area contributed by atoms with E-state index in [-0.39, 0.29) is 18.3 Å². The van der Waals surface area contributed by atoms with Gasteiger partial charge in [-0.15, -0.1) is 0 Å². The maximum atomic E-state index is 13.2. The molecule has 0 aliphatic carbocycles. The van der Waals surface area contributed by atoms with E-state index in [4.69, 9.17) is 9.47 Å². The van der Waals surface area contributed by atoms with Crippen molar-refractivity contribution in [3.05, 3.63) is 59.9 Å². The highest BCUT2D eigenvalue weighted by atomic mass is 19.1. The van der Waals surface area contributed by atoms with Crippen LogP contribution in [0.2, 0.25) is 0 Å². The van der Waals surface area contributed by atoms with Crippen LogP contribution in [0.1, 0.15) is 12.5 Å². The molecule has 5 heteroatoms. The number of halogens is 1. The summed E-state index contributed by atoms with van der Waals surface area (Å²) in [4.78, 5) is 13.9. The van der Waals surface area contributed by atoms with Crippen molar-refractivity contribution in [3.63, 3.8) is 0 Å². The number of likely N-dealkylation sites (N-methyl/N-ethyl adjacent to an activating group) is 1. The lowest BCUT2D eigenvalue weighted by molar-refractivity contribution is -0.133. The fourth-order valence-electron chi connectivity index (χ4n) is 2.14. The minimum atomic E-state index is -0.305. The van der Waals surface area contributed by atoms with Crippen molar-refractivity contribution in [1.82, 2.24) is 4.90 Å². The highest BCUT2D eigenvalue weighted by Gasteiger charge is 2.13. The Kier molecular flexibility index (Phi) is 5.97. The zero-order valence-electron chi connectivity index (χ0n) is 13.3. The molecule has 122 valence electrons. The molecule has 0 saturated carbocycles. The Hall–Kier alpha value is -2.56. The molecule has 2 aromatic carbocycles. The predicted octanol–water partition coefficient (Wildman–Crippen LogP) is 3.26. The zero-order chi connectivity index (χ0) is 16.7. The molecule has 0 spiro atoms. The average molecular weight is 317 g/mol. The SMILES string of the molecule is CCN(Cc1cccc(F)c1)C(=O)COc1ccc(OC)cc1. The van der Waals surface area contributed by atoms with Crippen LogP contribution in [0.15, 0.2) is 48.5 Å². The van der Waals surface area contributed by atoms with Gasteiger partial charge in [-0.25, -0.2) is 4.39 Å². The lowest BCUT2D eigenvalue weighted by atomic mass is 10.2. The average Bonchev–Trinajstić information content (AvgIpc) is 2.58. The first-order valence-corrected chi connectivity index (χ1v) is 7.41. The summed E-state index contributed by atoms with van der Waals surface area (Å²) in [6.07, 6.45) is 0. The molecule has 0 aliphatic heterocycles. The number of amides is 1. The third-order valence-corrected chi connectivity index (χ3v) is 3.42. The topological polar surface area (TPSA) is 38.8 Å². The highest BCUT2D eigenvalue weighted by molar-refractivity contribution is 5.77. The number of carbonyl (C=O) groups excluding carboxylic acids is 1. The highest BCUT2D eigenvalue weighted by Crippen LogP contribution is 2.17. The third kappa shape index (κ3) is 4.98. The molecule has 0 aliphatic rings. The monoisotopic (exact) mass is 317 g/mol. The van der Waals surface area contributed by atoms with Gasteiger partial charge in [0.05, 0.1) is 7.11 Å². The number of rotatable bonds is 7. The summed E-state index contributed by atoms with van der Waals surface area (Å²) in [5.41, 5.74) is 0.754. The maximum Gasteiger partial charge on any atom is 0.260 e. The maximum absolute atomic E-state index is 13.2. The number of benzene rings is 2. The van der Waals surface area contributed by atoms with Crippen LogP contribution in [0.3, 0.4) is 0 Å². The molecule has 4 nitrogen and oxygen atoms in total. The van der Waals surface area contributed by atoms with E-state index in [2.05, 4.69) is 0 Å². The van der Waals surface area contributed by atoms with Gasteiger partial charge in [-0.3, -0.25) is 4.79 Å². The van der Waals surface area contributed by atoms with E-state index < -0.39 is 0 Å². The van der Waals surface area contributed by atoms with Crippen LogP contribution < -0.4 is 9.47 Å². The molecular weight excluding hydrogens is 297 g/mol. The number of methoxy groups -OCH3 is 1. The van der Waals surface area contributed by atoms with E-state index in [0.717, 1.165) is 11.3 Å². The molecule has 0 heterocycles. The van der Waals surface area contributed by atoms with Crippen LogP contribution in [0.25, 0.3) is 0 Å². The van der Waals surface area contributed by atoms with Crippen molar-refractivity contribution in [1.29, 1.82) is 0 Å². The normalized spacial score (nSPS) is 10.2. The van der Waals surface area contributed by atoms with Gasteiger partial charge in [0.2, 0.25) is 0 Å². The molecule has 0 bridgehead atoms. The van der Waals surface area contributed by atoms with Crippen LogP contribution in [0.4, 0.5) is 4.39 Å². The summed E-state index contributed by atoms with van der Waals surface area (Å²) in [6.45, 7) is 2.71. The predicted molar refractivity (Wildman–Crippen MR) is 86.0 cm³/mol. The van der Waals surface area contributed by atoms with Gasteiger partial charge in [0.1, 0.15) is 17.3 Å². The van der Waals surface area contributed by atoms with Crippen molar-refractivity contribution < 1.29 is 18.7 Å². The Labute approximate surface area is 135 Å². The summed E-state index contributed by atoms with van der Waals surface area (Å²) in [7, 11) is 1.59. The van der Waals surface area contributed by atoms with Gasteiger partial charge in [-0.05, 0) is 48.9 Å². The summed E-state index contributed by atoms with van der Waals surface area (Å²) in [5, 5.41) is 0. The first-order chi connectivity index (χ1) is 11.1. The lowest BCUT2D eigenvalue weighted by Gasteiger charge is -2.21. The third-order valence-electron chi connectivity index (χ3n) is 3.42. The van der Waals surface area contributed by atoms with Crippen LogP contribution in [-0.2, 0) is 11.3 Å². The number of carbonyl (C=O) groups is 1. The fourth-order valence-corrected chi connectivity index (χ4v) is 2.14. The van der Waals surface area contributed by atoms with E-state index in [1.54, 1.807) is 48.4 Å². The van der Waals surface area contributed by atoms with Gasteiger partial charge in [-0.1, -0.05) is 12.1 Å². The number of nitrogens with zero attached hydrogens (tertiary/aromatic N) is 1. The summed E-state index contributed by atoms with van der Waals surface area (Å²) >= 11 is 0. The number of hydrogen-bond acceptors (Lipinski definition) is 3. The number of hydrogen-bond donors (Lipinski definition) is 0. The van der Waals surface area contributed by atoms with Gasteiger partial charge in [0.25, 0.3) is 5.91 Å². The van der Waals surface area contributed by atoms with Crippen LogP contribution >= 0.6 is 0 Å². The first kappa shape index (κ1) is 16.8. The van der Waals surface area contributed by atoms with Gasteiger partial charge < -0.3 is 14.4 Å². The molecule has 23 heavy (non-hydrogen) atoms. The second-order valence-corrected chi connectivity index (χ2v) is 5.00. The second-order valence-electron chi connectivity index (χ2n) is 5.00. The molecule has 0 fully saturated rings. The van der Waals surface area contributed by atoms with E-state index in [0.29, 0.717) is 18.8 Å². The standard InChI is InChI=1S/C18H20FNO3/c1-3-20(12-14-5-4-6-15(19)11-14)18(21)13-23-17-9-7-16(22-2)8-10-17/h4-11H,3,12-13H2,1-2H3. The lowest BCUT2D eigenvalue weighted by Crippen LogP contribution is -2.34. The van der Waals surface area contributed by atoms with Gasteiger partial charge in [0, 0.05) is 13.1 Å². The molecule has 0 radical (unpaired) electrons. The molecule has 0 saturated heterocycles. The van der Waals surface area contributed by atoms with Crippen molar-refractivity contribution in [2.45, 2.75) is 13.5 Å². The minimum Gasteiger partial charge on any atom is -0.497 e. The number of ether oxygens (including phenoxy) is 2. The molecule has 0 N–H and O–H groups in total. The molecule has 0 aromatic heterocycles. The Morgan fingerprint density at radius 2 is 1.83 bits per heavy atom. The molecule has 2 aromatic rings. The van der Waals surface area contributed by atoms with Crippen LogP contribution in [0, 0.1) is 5.82 Å². The molecule has 2 rings (SSSR count).